The van der Waals surface area contributed by atoms with E-state index >= 15 is 0 Å². The largest absolute Gasteiger partial charge is 0.496 e. The molecule has 3 aromatic rings. The van der Waals surface area contributed by atoms with Crippen LogP contribution < -0.4 is 10.5 Å². The van der Waals surface area contributed by atoms with E-state index in [0.717, 1.165) is 22.4 Å². The highest BCUT2D eigenvalue weighted by Gasteiger charge is 2.07. The molecule has 2 aromatic carbocycles. The molecule has 108 valence electrons. The van der Waals surface area contributed by atoms with Crippen molar-refractivity contribution in [3.8, 4) is 5.75 Å². The smallest absolute Gasteiger partial charge is 0.132 e. The molecule has 0 atom stereocenters. The summed E-state index contributed by atoms with van der Waals surface area (Å²) in [6, 6.07) is 12.9. The molecule has 0 aliphatic heterocycles. The van der Waals surface area contributed by atoms with E-state index in [9.17, 15) is 4.39 Å². The number of hydrogen-bond donors (Lipinski definition) is 1. The summed E-state index contributed by atoms with van der Waals surface area (Å²) in [4.78, 5) is 0. The molecule has 0 bridgehead atoms. The average Bonchev–Trinajstić information content (AvgIpc) is 2.92. The van der Waals surface area contributed by atoms with Gasteiger partial charge >= 0.3 is 0 Å². The molecular weight excluding hydrogens is 267 g/mol. The maximum Gasteiger partial charge on any atom is 0.132 e. The fraction of sp³-hybridized carbons (Fsp3) is 0.176. The van der Waals surface area contributed by atoms with Crippen LogP contribution in [0.5, 0.6) is 5.75 Å². The van der Waals surface area contributed by atoms with Crippen LogP contribution in [-0.2, 0) is 13.1 Å². The van der Waals surface area contributed by atoms with Gasteiger partial charge in [-0.15, -0.1) is 0 Å². The lowest BCUT2D eigenvalue weighted by Gasteiger charge is -2.11. The third-order valence-corrected chi connectivity index (χ3v) is 3.68. The summed E-state index contributed by atoms with van der Waals surface area (Å²) in [5.41, 5.74) is 8.63. The van der Waals surface area contributed by atoms with Gasteiger partial charge in [-0.1, -0.05) is 18.2 Å². The van der Waals surface area contributed by atoms with Crippen molar-refractivity contribution < 1.29 is 9.13 Å². The van der Waals surface area contributed by atoms with Gasteiger partial charge in [0.25, 0.3) is 0 Å². The molecule has 0 saturated heterocycles. The molecular formula is C17H17FN2O. The van der Waals surface area contributed by atoms with Crippen LogP contribution in [0, 0.1) is 5.82 Å². The molecule has 0 aliphatic carbocycles. The molecule has 0 radical (unpaired) electrons. The minimum atomic E-state index is -0.192. The predicted octanol–water partition coefficient (Wildman–Crippen LogP) is 3.30. The van der Waals surface area contributed by atoms with Crippen molar-refractivity contribution in [1.82, 2.24) is 4.57 Å². The number of fused-ring (bicyclic) bond motifs is 1. The first kappa shape index (κ1) is 13.6. The number of nitrogens with two attached hydrogens (primary N) is 1. The SMILES string of the molecule is COc1cc(Cn2ccc3c(F)cccc32)ccc1CN. The summed E-state index contributed by atoms with van der Waals surface area (Å²) in [6.07, 6.45) is 1.90. The first-order chi connectivity index (χ1) is 10.2. The molecule has 0 fully saturated rings. The van der Waals surface area contributed by atoms with Crippen LogP contribution in [-0.4, -0.2) is 11.7 Å². The molecule has 21 heavy (non-hydrogen) atoms. The lowest BCUT2D eigenvalue weighted by atomic mass is 10.1. The van der Waals surface area contributed by atoms with Crippen molar-refractivity contribution in [3.63, 3.8) is 0 Å². The van der Waals surface area contributed by atoms with Crippen molar-refractivity contribution in [3.05, 3.63) is 65.6 Å². The minimum Gasteiger partial charge on any atom is -0.496 e. The van der Waals surface area contributed by atoms with Crippen LogP contribution in [0.4, 0.5) is 4.39 Å². The van der Waals surface area contributed by atoms with E-state index in [2.05, 4.69) is 0 Å². The maximum atomic E-state index is 13.7. The number of halogens is 1. The molecule has 3 rings (SSSR count). The summed E-state index contributed by atoms with van der Waals surface area (Å²) in [7, 11) is 1.64. The highest BCUT2D eigenvalue weighted by Crippen LogP contribution is 2.23. The van der Waals surface area contributed by atoms with Crippen molar-refractivity contribution in [2.45, 2.75) is 13.1 Å². The zero-order chi connectivity index (χ0) is 14.8. The van der Waals surface area contributed by atoms with Gasteiger partial charge in [0.1, 0.15) is 11.6 Å². The average molecular weight is 284 g/mol. The van der Waals surface area contributed by atoms with Crippen LogP contribution in [0.25, 0.3) is 10.9 Å². The third-order valence-electron chi connectivity index (χ3n) is 3.68. The van der Waals surface area contributed by atoms with Gasteiger partial charge in [0.15, 0.2) is 0 Å². The number of hydrogen-bond acceptors (Lipinski definition) is 2. The Kier molecular flexibility index (Phi) is 3.62. The maximum absolute atomic E-state index is 13.7. The topological polar surface area (TPSA) is 40.2 Å². The second kappa shape index (κ2) is 5.58. The van der Waals surface area contributed by atoms with Gasteiger partial charge in [0, 0.05) is 30.2 Å². The zero-order valence-electron chi connectivity index (χ0n) is 11.8. The van der Waals surface area contributed by atoms with E-state index in [4.69, 9.17) is 10.5 Å². The number of ether oxygens (including phenoxy) is 1. The van der Waals surface area contributed by atoms with Gasteiger partial charge in [-0.2, -0.15) is 0 Å². The molecule has 3 nitrogen and oxygen atoms in total. The Hall–Kier alpha value is -2.33. The molecule has 0 amide bonds. The lowest BCUT2D eigenvalue weighted by molar-refractivity contribution is 0.409. The van der Waals surface area contributed by atoms with E-state index in [-0.39, 0.29) is 5.82 Å². The first-order valence-electron chi connectivity index (χ1n) is 6.82. The van der Waals surface area contributed by atoms with Crippen LogP contribution in [0.3, 0.4) is 0 Å². The van der Waals surface area contributed by atoms with Crippen LogP contribution in [0.1, 0.15) is 11.1 Å². The number of benzene rings is 2. The summed E-state index contributed by atoms with van der Waals surface area (Å²) < 4.78 is 21.1. The van der Waals surface area contributed by atoms with Gasteiger partial charge in [0.2, 0.25) is 0 Å². The van der Waals surface area contributed by atoms with Gasteiger partial charge in [-0.05, 0) is 29.8 Å². The second-order valence-corrected chi connectivity index (χ2v) is 4.97. The summed E-state index contributed by atoms with van der Waals surface area (Å²) in [6.45, 7) is 1.11. The zero-order valence-corrected chi connectivity index (χ0v) is 11.8. The number of methoxy groups -OCH3 is 1. The molecule has 1 aromatic heterocycles. The highest BCUT2D eigenvalue weighted by molar-refractivity contribution is 5.80. The predicted molar refractivity (Wildman–Crippen MR) is 81.9 cm³/mol. The standard InChI is InChI=1S/C17H17FN2O/c1-21-17-9-12(5-6-13(17)10-19)11-20-8-7-14-15(18)3-2-4-16(14)20/h2-9H,10-11,19H2,1H3. The Morgan fingerprint density at radius 3 is 2.81 bits per heavy atom. The van der Waals surface area contributed by atoms with Gasteiger partial charge in [-0.3, -0.25) is 0 Å². The van der Waals surface area contributed by atoms with Crippen LogP contribution >= 0.6 is 0 Å². The molecule has 0 unspecified atom stereocenters. The first-order valence-corrected chi connectivity index (χ1v) is 6.82. The Morgan fingerprint density at radius 2 is 2.05 bits per heavy atom. The molecule has 1 heterocycles. The highest BCUT2D eigenvalue weighted by atomic mass is 19.1. The second-order valence-electron chi connectivity index (χ2n) is 4.97. The number of aromatic nitrogens is 1. The third kappa shape index (κ3) is 2.50. The normalized spacial score (nSPS) is 11.0. The van der Waals surface area contributed by atoms with Gasteiger partial charge in [0.05, 0.1) is 12.6 Å². The Bertz CT molecular complexity index is 780. The van der Waals surface area contributed by atoms with Crippen LogP contribution in [0.15, 0.2) is 48.7 Å². The van der Waals surface area contributed by atoms with Crippen LogP contribution in [0.2, 0.25) is 0 Å². The van der Waals surface area contributed by atoms with E-state index in [1.807, 2.05) is 35.0 Å². The Balaban J connectivity index is 1.97. The molecule has 0 spiro atoms. The van der Waals surface area contributed by atoms with Gasteiger partial charge in [-0.25, -0.2) is 4.39 Å². The fourth-order valence-corrected chi connectivity index (χ4v) is 2.58. The number of nitrogens with zero attached hydrogens (tertiary/aromatic N) is 1. The summed E-state index contributed by atoms with van der Waals surface area (Å²) in [5.74, 6) is 0.597. The molecule has 0 aliphatic rings. The Morgan fingerprint density at radius 1 is 1.19 bits per heavy atom. The fourth-order valence-electron chi connectivity index (χ4n) is 2.58. The molecule has 2 N–H and O–H groups in total. The van der Waals surface area contributed by atoms with Crippen molar-refractivity contribution in [2.75, 3.05) is 7.11 Å². The van der Waals surface area contributed by atoms with Crippen molar-refractivity contribution >= 4 is 10.9 Å². The minimum absolute atomic E-state index is 0.192. The van der Waals surface area contributed by atoms with E-state index < -0.39 is 0 Å². The van der Waals surface area contributed by atoms with Crippen molar-refractivity contribution in [1.29, 1.82) is 0 Å². The monoisotopic (exact) mass is 284 g/mol. The van der Waals surface area contributed by atoms with E-state index in [1.165, 1.54) is 6.07 Å². The molecule has 4 heteroatoms. The Labute approximate surface area is 122 Å². The summed E-state index contributed by atoms with van der Waals surface area (Å²) in [5, 5.41) is 0.642. The number of rotatable bonds is 4. The van der Waals surface area contributed by atoms with Gasteiger partial charge < -0.3 is 15.0 Å². The van der Waals surface area contributed by atoms with E-state index in [0.29, 0.717) is 18.5 Å². The van der Waals surface area contributed by atoms with E-state index in [1.54, 1.807) is 19.2 Å². The molecule has 0 saturated carbocycles. The summed E-state index contributed by atoms with van der Waals surface area (Å²) >= 11 is 0. The lowest BCUT2D eigenvalue weighted by Crippen LogP contribution is -2.03. The quantitative estimate of drug-likeness (QED) is 0.798. The van der Waals surface area contributed by atoms with Crippen molar-refractivity contribution in [2.24, 2.45) is 5.73 Å².